The molecule has 0 radical (unpaired) electrons. The summed E-state index contributed by atoms with van der Waals surface area (Å²) >= 11 is 5.69. The first kappa shape index (κ1) is 17.2. The Balaban J connectivity index is 2.15. The highest BCUT2D eigenvalue weighted by atomic mass is 35.5. The first-order valence-corrected chi connectivity index (χ1v) is 7.82. The van der Waals surface area contributed by atoms with E-state index >= 15 is 0 Å². The van der Waals surface area contributed by atoms with Crippen molar-refractivity contribution in [3.8, 4) is 11.5 Å². The van der Waals surface area contributed by atoms with Gasteiger partial charge in [0.2, 0.25) is 0 Å². The average molecular weight is 338 g/mol. The van der Waals surface area contributed by atoms with Crippen molar-refractivity contribution in [2.75, 3.05) is 20.8 Å². The Morgan fingerprint density at radius 1 is 1.30 bits per heavy atom. The molecular weight excluding hydrogens is 318 g/mol. The SMILES string of the molecule is CCOc1cc(OC)ccc1CN(C)C(=O)c1ccc(CCl)o1. The van der Waals surface area contributed by atoms with Gasteiger partial charge in [0.1, 0.15) is 17.3 Å². The molecule has 0 N–H and O–H groups in total. The van der Waals surface area contributed by atoms with Gasteiger partial charge in [0.25, 0.3) is 5.91 Å². The number of carbonyl (C=O) groups excluding carboxylic acids is 1. The number of rotatable bonds is 7. The number of halogens is 1. The summed E-state index contributed by atoms with van der Waals surface area (Å²) in [6, 6.07) is 8.88. The van der Waals surface area contributed by atoms with Gasteiger partial charge in [0.05, 0.1) is 19.6 Å². The lowest BCUT2D eigenvalue weighted by Crippen LogP contribution is -2.26. The van der Waals surface area contributed by atoms with E-state index in [1.807, 2.05) is 25.1 Å². The van der Waals surface area contributed by atoms with Crippen LogP contribution >= 0.6 is 11.6 Å². The second kappa shape index (κ2) is 7.92. The molecule has 0 atom stereocenters. The van der Waals surface area contributed by atoms with Crippen LogP contribution in [-0.2, 0) is 12.4 Å². The summed E-state index contributed by atoms with van der Waals surface area (Å²) in [6.45, 7) is 2.85. The molecule has 2 aromatic rings. The van der Waals surface area contributed by atoms with E-state index < -0.39 is 0 Å². The molecule has 0 aliphatic rings. The smallest absolute Gasteiger partial charge is 0.289 e. The number of benzene rings is 1. The summed E-state index contributed by atoms with van der Waals surface area (Å²) in [7, 11) is 3.32. The standard InChI is InChI=1S/C17H20ClNO4/c1-4-22-16-9-13(21-3)6-5-12(16)11-19(2)17(20)15-8-7-14(10-18)23-15/h5-9H,4,10-11H2,1-3H3. The number of amides is 1. The van der Waals surface area contributed by atoms with E-state index in [0.29, 0.717) is 30.4 Å². The Morgan fingerprint density at radius 3 is 2.70 bits per heavy atom. The fraction of sp³-hybridized carbons (Fsp3) is 0.353. The van der Waals surface area contributed by atoms with Gasteiger partial charge in [-0.2, -0.15) is 0 Å². The van der Waals surface area contributed by atoms with Gasteiger partial charge in [0.15, 0.2) is 5.76 Å². The normalized spacial score (nSPS) is 10.4. The fourth-order valence-electron chi connectivity index (χ4n) is 2.16. The molecule has 0 aliphatic carbocycles. The van der Waals surface area contributed by atoms with Crippen molar-refractivity contribution < 1.29 is 18.7 Å². The molecule has 0 aliphatic heterocycles. The zero-order valence-electron chi connectivity index (χ0n) is 13.5. The fourth-order valence-corrected chi connectivity index (χ4v) is 2.31. The van der Waals surface area contributed by atoms with Crippen molar-refractivity contribution in [1.82, 2.24) is 4.90 Å². The molecule has 1 aromatic carbocycles. The van der Waals surface area contributed by atoms with Crippen molar-refractivity contribution in [3.05, 3.63) is 47.4 Å². The molecule has 1 heterocycles. The van der Waals surface area contributed by atoms with Crippen LogP contribution in [0.3, 0.4) is 0 Å². The lowest BCUT2D eigenvalue weighted by Gasteiger charge is -2.18. The highest BCUT2D eigenvalue weighted by Gasteiger charge is 2.18. The summed E-state index contributed by atoms with van der Waals surface area (Å²) in [4.78, 5) is 14.0. The van der Waals surface area contributed by atoms with Crippen LogP contribution in [0.4, 0.5) is 0 Å². The second-order valence-corrected chi connectivity index (χ2v) is 5.23. The lowest BCUT2D eigenvalue weighted by molar-refractivity contribution is 0.0751. The highest BCUT2D eigenvalue weighted by molar-refractivity contribution is 6.16. The van der Waals surface area contributed by atoms with Crippen molar-refractivity contribution in [1.29, 1.82) is 0 Å². The molecule has 0 unspecified atom stereocenters. The van der Waals surface area contributed by atoms with Crippen LogP contribution in [0.5, 0.6) is 11.5 Å². The molecule has 0 spiro atoms. The summed E-state index contributed by atoms with van der Waals surface area (Å²) in [5.74, 6) is 2.29. The molecule has 0 bridgehead atoms. The molecule has 0 saturated heterocycles. The van der Waals surface area contributed by atoms with Gasteiger partial charge < -0.3 is 18.8 Å². The molecule has 2 rings (SSSR count). The number of furan rings is 1. The van der Waals surface area contributed by atoms with Crippen LogP contribution in [0, 0.1) is 0 Å². The maximum atomic E-state index is 12.4. The van der Waals surface area contributed by atoms with E-state index in [0.717, 1.165) is 5.56 Å². The minimum Gasteiger partial charge on any atom is -0.497 e. The summed E-state index contributed by atoms with van der Waals surface area (Å²) in [5, 5.41) is 0. The molecule has 5 nitrogen and oxygen atoms in total. The average Bonchev–Trinajstić information content (AvgIpc) is 3.04. The van der Waals surface area contributed by atoms with Gasteiger partial charge >= 0.3 is 0 Å². The van der Waals surface area contributed by atoms with Gasteiger partial charge in [-0.1, -0.05) is 0 Å². The van der Waals surface area contributed by atoms with Gasteiger partial charge in [-0.3, -0.25) is 4.79 Å². The van der Waals surface area contributed by atoms with Gasteiger partial charge in [0, 0.05) is 25.2 Å². The molecule has 1 aromatic heterocycles. The van der Waals surface area contributed by atoms with Gasteiger partial charge in [-0.05, 0) is 31.2 Å². The third-order valence-electron chi connectivity index (χ3n) is 3.33. The zero-order valence-corrected chi connectivity index (χ0v) is 14.2. The van der Waals surface area contributed by atoms with E-state index in [-0.39, 0.29) is 17.5 Å². The van der Waals surface area contributed by atoms with Crippen LogP contribution in [0.2, 0.25) is 0 Å². The third-order valence-corrected chi connectivity index (χ3v) is 3.60. The Bertz CT molecular complexity index is 668. The highest BCUT2D eigenvalue weighted by Crippen LogP contribution is 2.26. The van der Waals surface area contributed by atoms with Gasteiger partial charge in [-0.25, -0.2) is 0 Å². The molecule has 6 heteroatoms. The van der Waals surface area contributed by atoms with Crippen LogP contribution in [0.25, 0.3) is 0 Å². The maximum Gasteiger partial charge on any atom is 0.289 e. The Hall–Kier alpha value is -2.14. The van der Waals surface area contributed by atoms with E-state index in [9.17, 15) is 4.79 Å². The van der Waals surface area contributed by atoms with Gasteiger partial charge in [-0.15, -0.1) is 11.6 Å². The van der Waals surface area contributed by atoms with Crippen molar-refractivity contribution in [2.24, 2.45) is 0 Å². The van der Waals surface area contributed by atoms with Crippen LogP contribution < -0.4 is 9.47 Å². The predicted molar refractivity (Wildman–Crippen MR) is 88.2 cm³/mol. The minimum absolute atomic E-state index is 0.209. The van der Waals surface area contributed by atoms with E-state index in [1.54, 1.807) is 31.2 Å². The lowest BCUT2D eigenvalue weighted by atomic mass is 10.1. The molecule has 0 fully saturated rings. The van der Waals surface area contributed by atoms with Crippen LogP contribution in [0.15, 0.2) is 34.7 Å². The summed E-state index contributed by atoms with van der Waals surface area (Å²) in [5.41, 5.74) is 0.896. The second-order valence-electron chi connectivity index (χ2n) is 4.97. The molecule has 23 heavy (non-hydrogen) atoms. The number of hydrogen-bond acceptors (Lipinski definition) is 4. The van der Waals surface area contributed by atoms with Crippen molar-refractivity contribution in [2.45, 2.75) is 19.3 Å². The monoisotopic (exact) mass is 337 g/mol. The summed E-state index contributed by atoms with van der Waals surface area (Å²) in [6.07, 6.45) is 0. The first-order valence-electron chi connectivity index (χ1n) is 7.28. The topological polar surface area (TPSA) is 51.9 Å². The summed E-state index contributed by atoms with van der Waals surface area (Å²) < 4.78 is 16.2. The van der Waals surface area contributed by atoms with Crippen LogP contribution in [-0.4, -0.2) is 31.6 Å². The number of hydrogen-bond donors (Lipinski definition) is 0. The Labute approximate surface area is 140 Å². The number of ether oxygens (including phenoxy) is 2. The number of alkyl halides is 1. The van der Waals surface area contributed by atoms with Crippen molar-refractivity contribution >= 4 is 17.5 Å². The first-order chi connectivity index (χ1) is 11.1. The molecule has 1 amide bonds. The largest absolute Gasteiger partial charge is 0.497 e. The van der Waals surface area contributed by atoms with Crippen molar-refractivity contribution in [3.63, 3.8) is 0 Å². The Morgan fingerprint density at radius 2 is 2.09 bits per heavy atom. The molecular formula is C17H20ClNO4. The minimum atomic E-state index is -0.209. The van der Waals surface area contributed by atoms with E-state index in [1.165, 1.54) is 0 Å². The van der Waals surface area contributed by atoms with Crippen LogP contribution in [0.1, 0.15) is 28.8 Å². The Kier molecular flexibility index (Phi) is 5.93. The van der Waals surface area contributed by atoms with E-state index in [4.69, 9.17) is 25.5 Å². The molecule has 0 saturated carbocycles. The number of nitrogens with zero attached hydrogens (tertiary/aromatic N) is 1. The predicted octanol–water partition coefficient (Wildman–Crippen LogP) is 3.70. The quantitative estimate of drug-likeness (QED) is 0.723. The van der Waals surface area contributed by atoms with E-state index in [2.05, 4.69) is 0 Å². The zero-order chi connectivity index (χ0) is 16.8. The molecule has 124 valence electrons. The number of methoxy groups -OCH3 is 1. The maximum absolute atomic E-state index is 12.4. The number of carbonyl (C=O) groups is 1. The third kappa shape index (κ3) is 4.20.